The molecule has 1 saturated heterocycles. The molecular weight excluding hydrogens is 243 g/mol. The van der Waals surface area contributed by atoms with E-state index in [1.54, 1.807) is 0 Å². The van der Waals surface area contributed by atoms with Crippen LogP contribution in [-0.2, 0) is 6.18 Å². The van der Waals surface area contributed by atoms with Gasteiger partial charge in [-0.25, -0.2) is 4.98 Å². The average Bonchev–Trinajstić information content (AvgIpc) is 3.00. The summed E-state index contributed by atoms with van der Waals surface area (Å²) >= 11 is 0. The first-order valence-corrected chi connectivity index (χ1v) is 5.95. The minimum absolute atomic E-state index is 0.125. The summed E-state index contributed by atoms with van der Waals surface area (Å²) in [6, 6.07) is 2.63. The van der Waals surface area contributed by atoms with Gasteiger partial charge in [0.25, 0.3) is 0 Å². The Balaban J connectivity index is 1.78. The van der Waals surface area contributed by atoms with Crippen LogP contribution >= 0.6 is 0 Å². The molecule has 1 saturated carbocycles. The molecule has 2 heterocycles. The van der Waals surface area contributed by atoms with E-state index in [2.05, 4.69) is 4.98 Å². The Hall–Kier alpha value is -1.30. The summed E-state index contributed by atoms with van der Waals surface area (Å²) in [5.74, 6) is 0. The quantitative estimate of drug-likeness (QED) is 0.837. The van der Waals surface area contributed by atoms with Gasteiger partial charge in [-0.2, -0.15) is 13.2 Å². The van der Waals surface area contributed by atoms with Crippen molar-refractivity contribution >= 4 is 5.69 Å². The molecule has 0 radical (unpaired) electrons. The lowest BCUT2D eigenvalue weighted by Gasteiger charge is -2.18. The monoisotopic (exact) mass is 257 g/mol. The van der Waals surface area contributed by atoms with Crippen molar-refractivity contribution in [3.05, 3.63) is 24.0 Å². The van der Waals surface area contributed by atoms with Crippen molar-refractivity contribution in [2.75, 3.05) is 18.0 Å². The fourth-order valence-corrected chi connectivity index (χ4v) is 2.62. The number of rotatable bonds is 1. The lowest BCUT2D eigenvalue weighted by atomic mass is 10.0. The highest BCUT2D eigenvalue weighted by molar-refractivity contribution is 5.48. The van der Waals surface area contributed by atoms with Gasteiger partial charge in [-0.15, -0.1) is 0 Å². The number of alkyl halides is 3. The molecule has 2 N–H and O–H groups in total. The molecule has 3 nitrogen and oxygen atoms in total. The minimum Gasteiger partial charge on any atom is -0.368 e. The summed E-state index contributed by atoms with van der Waals surface area (Å²) < 4.78 is 37.2. The third-order valence-electron chi connectivity index (χ3n) is 4.01. The van der Waals surface area contributed by atoms with Crippen LogP contribution in [0, 0.1) is 5.41 Å². The van der Waals surface area contributed by atoms with Gasteiger partial charge in [0.15, 0.2) is 0 Å². The summed E-state index contributed by atoms with van der Waals surface area (Å²) in [6.45, 7) is 1.54. The number of pyridine rings is 1. The van der Waals surface area contributed by atoms with Crippen LogP contribution in [-0.4, -0.2) is 24.1 Å². The Labute approximate surface area is 103 Å². The van der Waals surface area contributed by atoms with E-state index in [-0.39, 0.29) is 11.5 Å². The maximum atomic E-state index is 12.4. The lowest BCUT2D eigenvalue weighted by Crippen LogP contribution is -2.30. The van der Waals surface area contributed by atoms with Crippen molar-refractivity contribution in [1.82, 2.24) is 4.98 Å². The van der Waals surface area contributed by atoms with Gasteiger partial charge in [0.05, 0.1) is 11.9 Å². The molecule has 1 atom stereocenters. The van der Waals surface area contributed by atoms with Crippen molar-refractivity contribution in [1.29, 1.82) is 0 Å². The molecule has 0 bridgehead atoms. The van der Waals surface area contributed by atoms with E-state index in [1.165, 1.54) is 12.3 Å². The molecule has 0 aromatic carbocycles. The molecule has 1 aliphatic carbocycles. The lowest BCUT2D eigenvalue weighted by molar-refractivity contribution is -0.141. The van der Waals surface area contributed by atoms with E-state index in [0.717, 1.165) is 31.1 Å². The van der Waals surface area contributed by atoms with Crippen LogP contribution < -0.4 is 10.6 Å². The first-order chi connectivity index (χ1) is 8.41. The van der Waals surface area contributed by atoms with Crippen molar-refractivity contribution in [2.24, 2.45) is 11.1 Å². The second-order valence-corrected chi connectivity index (χ2v) is 5.25. The van der Waals surface area contributed by atoms with Crippen LogP contribution in [0.5, 0.6) is 0 Å². The van der Waals surface area contributed by atoms with Gasteiger partial charge >= 0.3 is 6.18 Å². The molecular formula is C12H14F3N3. The zero-order valence-electron chi connectivity index (χ0n) is 9.74. The molecule has 1 aliphatic heterocycles. The van der Waals surface area contributed by atoms with Crippen molar-refractivity contribution < 1.29 is 13.2 Å². The van der Waals surface area contributed by atoms with Gasteiger partial charge in [0, 0.05) is 24.5 Å². The highest BCUT2D eigenvalue weighted by Gasteiger charge is 2.53. The third kappa shape index (κ3) is 1.84. The second kappa shape index (κ2) is 3.60. The largest absolute Gasteiger partial charge is 0.433 e. The zero-order chi connectivity index (χ0) is 13.0. The van der Waals surface area contributed by atoms with E-state index in [1.807, 2.05) is 4.90 Å². The number of aromatic nitrogens is 1. The molecule has 18 heavy (non-hydrogen) atoms. The number of nitrogens with two attached hydrogens (primary N) is 1. The molecule has 6 heteroatoms. The predicted octanol–water partition coefficient (Wildman–Crippen LogP) is 2.03. The smallest absolute Gasteiger partial charge is 0.368 e. The van der Waals surface area contributed by atoms with Crippen molar-refractivity contribution in [3.8, 4) is 0 Å². The molecule has 1 aromatic heterocycles. The van der Waals surface area contributed by atoms with E-state index in [4.69, 9.17) is 5.73 Å². The first-order valence-electron chi connectivity index (χ1n) is 5.95. The van der Waals surface area contributed by atoms with Crippen molar-refractivity contribution in [3.63, 3.8) is 0 Å². The molecule has 1 aromatic rings. The fraction of sp³-hybridized carbons (Fsp3) is 0.583. The summed E-state index contributed by atoms with van der Waals surface area (Å²) in [6.07, 6.45) is -0.841. The van der Waals surface area contributed by atoms with E-state index < -0.39 is 11.9 Å². The minimum atomic E-state index is -4.38. The topological polar surface area (TPSA) is 42.1 Å². The summed E-state index contributed by atoms with van der Waals surface area (Å²) in [5.41, 5.74) is 6.14. The highest BCUT2D eigenvalue weighted by atomic mass is 19.4. The number of hydrogen-bond acceptors (Lipinski definition) is 3. The summed E-state index contributed by atoms with van der Waals surface area (Å²) in [7, 11) is 0. The van der Waals surface area contributed by atoms with Gasteiger partial charge in [0.2, 0.25) is 0 Å². The van der Waals surface area contributed by atoms with Crippen LogP contribution in [0.4, 0.5) is 18.9 Å². The van der Waals surface area contributed by atoms with E-state index >= 15 is 0 Å². The van der Waals surface area contributed by atoms with E-state index in [9.17, 15) is 13.2 Å². The fourth-order valence-electron chi connectivity index (χ4n) is 2.62. The van der Waals surface area contributed by atoms with Crippen molar-refractivity contribution in [2.45, 2.75) is 25.1 Å². The number of nitrogens with zero attached hydrogens (tertiary/aromatic N) is 2. The third-order valence-corrected chi connectivity index (χ3v) is 4.01. The molecule has 0 amide bonds. The molecule has 2 fully saturated rings. The molecule has 1 spiro atoms. The Morgan fingerprint density at radius 3 is 2.50 bits per heavy atom. The standard InChI is InChI=1S/C12H14F3N3/c13-12(14,15)10-2-1-8(5-17-10)18-6-9(16)11(7-18)3-4-11/h1-2,5,9H,3-4,6-7,16H2/t9-/m0/s1. The van der Waals surface area contributed by atoms with Crippen LogP contribution in [0.25, 0.3) is 0 Å². The Bertz CT molecular complexity index is 451. The summed E-state index contributed by atoms with van der Waals surface area (Å²) in [4.78, 5) is 5.51. The van der Waals surface area contributed by atoms with Gasteiger partial charge in [-0.1, -0.05) is 0 Å². The SMILES string of the molecule is N[C@H]1CN(c2ccc(C(F)(F)F)nc2)CC12CC2. The maximum Gasteiger partial charge on any atom is 0.433 e. The normalized spacial score (nSPS) is 25.8. The Kier molecular flexibility index (Phi) is 2.35. The summed E-state index contributed by atoms with van der Waals surface area (Å²) in [5, 5.41) is 0. The zero-order valence-corrected chi connectivity index (χ0v) is 9.74. The molecule has 3 rings (SSSR count). The Morgan fingerprint density at radius 2 is 2.06 bits per heavy atom. The number of halogens is 3. The Morgan fingerprint density at radius 1 is 1.33 bits per heavy atom. The highest BCUT2D eigenvalue weighted by Crippen LogP contribution is 2.52. The predicted molar refractivity (Wildman–Crippen MR) is 61.1 cm³/mol. The van der Waals surface area contributed by atoms with Gasteiger partial charge in [-0.05, 0) is 25.0 Å². The number of anilines is 1. The van der Waals surface area contributed by atoms with Crippen LogP contribution in [0.1, 0.15) is 18.5 Å². The van der Waals surface area contributed by atoms with E-state index in [0.29, 0.717) is 6.54 Å². The van der Waals surface area contributed by atoms with Gasteiger partial charge in [-0.3, -0.25) is 0 Å². The first kappa shape index (κ1) is 11.8. The van der Waals surface area contributed by atoms with Crippen LogP contribution in [0.15, 0.2) is 18.3 Å². The molecule has 2 aliphatic rings. The van der Waals surface area contributed by atoms with Gasteiger partial charge < -0.3 is 10.6 Å². The molecule has 0 unspecified atom stereocenters. The van der Waals surface area contributed by atoms with Crippen LogP contribution in [0.2, 0.25) is 0 Å². The average molecular weight is 257 g/mol. The van der Waals surface area contributed by atoms with Gasteiger partial charge in [0.1, 0.15) is 5.69 Å². The number of hydrogen-bond donors (Lipinski definition) is 1. The van der Waals surface area contributed by atoms with Crippen LogP contribution in [0.3, 0.4) is 0 Å². The second-order valence-electron chi connectivity index (χ2n) is 5.25. The maximum absolute atomic E-state index is 12.4. The molecule has 98 valence electrons.